The number of nitrogens with zero attached hydrogens (tertiary/aromatic N) is 2. The fourth-order valence-corrected chi connectivity index (χ4v) is 1.83. The first-order valence-corrected chi connectivity index (χ1v) is 6.53. The Kier molecular flexibility index (Phi) is 4.29. The van der Waals surface area contributed by atoms with Crippen LogP contribution in [0.5, 0.6) is 5.75 Å². The van der Waals surface area contributed by atoms with Gasteiger partial charge in [-0.15, -0.1) is 0 Å². The van der Waals surface area contributed by atoms with E-state index in [1.807, 2.05) is 19.9 Å². The molecule has 0 aliphatic carbocycles. The SMILES string of the molecule is CCCOc1cncc(C(C)(N)c2ccc(F)cn2)c1. The second-order valence-electron chi connectivity index (χ2n) is 4.82. The first kappa shape index (κ1) is 14.4. The molecule has 0 fully saturated rings. The minimum atomic E-state index is -0.855. The molecule has 0 aliphatic rings. The van der Waals surface area contributed by atoms with Crippen LogP contribution >= 0.6 is 0 Å². The number of pyridine rings is 2. The van der Waals surface area contributed by atoms with Gasteiger partial charge in [0.05, 0.1) is 30.2 Å². The van der Waals surface area contributed by atoms with Gasteiger partial charge in [-0.3, -0.25) is 9.97 Å². The van der Waals surface area contributed by atoms with Crippen molar-refractivity contribution in [3.8, 4) is 5.75 Å². The van der Waals surface area contributed by atoms with Gasteiger partial charge in [0, 0.05) is 6.20 Å². The van der Waals surface area contributed by atoms with Crippen LogP contribution in [0.3, 0.4) is 0 Å². The molecule has 0 spiro atoms. The minimum Gasteiger partial charge on any atom is -0.492 e. The fourth-order valence-electron chi connectivity index (χ4n) is 1.83. The van der Waals surface area contributed by atoms with E-state index >= 15 is 0 Å². The predicted molar refractivity (Wildman–Crippen MR) is 74.9 cm³/mol. The molecule has 2 N–H and O–H groups in total. The van der Waals surface area contributed by atoms with Crippen molar-refractivity contribution < 1.29 is 9.13 Å². The van der Waals surface area contributed by atoms with Gasteiger partial charge in [-0.25, -0.2) is 4.39 Å². The normalized spacial score (nSPS) is 13.8. The van der Waals surface area contributed by atoms with Crippen LogP contribution in [0.1, 0.15) is 31.5 Å². The van der Waals surface area contributed by atoms with E-state index in [1.165, 1.54) is 6.07 Å². The average molecular weight is 275 g/mol. The summed E-state index contributed by atoms with van der Waals surface area (Å²) >= 11 is 0. The smallest absolute Gasteiger partial charge is 0.141 e. The Morgan fingerprint density at radius 2 is 2.10 bits per heavy atom. The monoisotopic (exact) mass is 275 g/mol. The minimum absolute atomic E-state index is 0.386. The lowest BCUT2D eigenvalue weighted by Crippen LogP contribution is -2.35. The summed E-state index contributed by atoms with van der Waals surface area (Å²) in [5.41, 5.74) is 6.82. The number of hydrogen-bond acceptors (Lipinski definition) is 4. The summed E-state index contributed by atoms with van der Waals surface area (Å²) in [6.07, 6.45) is 5.39. The highest BCUT2D eigenvalue weighted by Gasteiger charge is 2.26. The van der Waals surface area contributed by atoms with Crippen molar-refractivity contribution in [3.63, 3.8) is 0 Å². The fraction of sp³-hybridized carbons (Fsp3) is 0.333. The number of nitrogens with two attached hydrogens (primary N) is 1. The van der Waals surface area contributed by atoms with Crippen LogP contribution in [0.4, 0.5) is 4.39 Å². The van der Waals surface area contributed by atoms with Crippen LogP contribution in [-0.2, 0) is 5.54 Å². The molecule has 0 radical (unpaired) electrons. The van der Waals surface area contributed by atoms with Gasteiger partial charge in [0.2, 0.25) is 0 Å². The highest BCUT2D eigenvalue weighted by Crippen LogP contribution is 2.26. The lowest BCUT2D eigenvalue weighted by Gasteiger charge is -2.24. The number of rotatable bonds is 5. The Bertz CT molecular complexity index is 570. The van der Waals surface area contributed by atoms with Crippen molar-refractivity contribution in [1.82, 2.24) is 9.97 Å². The zero-order valence-corrected chi connectivity index (χ0v) is 11.6. The molecule has 0 aromatic carbocycles. The van der Waals surface area contributed by atoms with Crippen molar-refractivity contribution in [2.24, 2.45) is 5.73 Å². The Balaban J connectivity index is 2.30. The van der Waals surface area contributed by atoms with Crippen LogP contribution in [0.25, 0.3) is 0 Å². The van der Waals surface area contributed by atoms with Gasteiger partial charge in [-0.05, 0) is 37.1 Å². The third kappa shape index (κ3) is 3.11. The maximum Gasteiger partial charge on any atom is 0.141 e. The number of halogens is 1. The number of ether oxygens (including phenoxy) is 1. The number of aromatic nitrogens is 2. The summed E-state index contributed by atoms with van der Waals surface area (Å²) in [5.74, 6) is 0.283. The highest BCUT2D eigenvalue weighted by atomic mass is 19.1. The van der Waals surface area contributed by atoms with Crippen LogP contribution in [0.15, 0.2) is 36.8 Å². The maximum atomic E-state index is 12.9. The molecule has 0 aliphatic heterocycles. The predicted octanol–water partition coefficient (Wildman–Crippen LogP) is 2.63. The van der Waals surface area contributed by atoms with Crippen LogP contribution in [0.2, 0.25) is 0 Å². The van der Waals surface area contributed by atoms with Gasteiger partial charge >= 0.3 is 0 Å². The molecular weight excluding hydrogens is 257 g/mol. The van der Waals surface area contributed by atoms with E-state index in [-0.39, 0.29) is 5.82 Å². The summed E-state index contributed by atoms with van der Waals surface area (Å²) in [4.78, 5) is 8.19. The van der Waals surface area contributed by atoms with Crippen LogP contribution < -0.4 is 10.5 Å². The molecule has 0 amide bonds. The molecule has 106 valence electrons. The quantitative estimate of drug-likeness (QED) is 0.911. The molecule has 0 saturated heterocycles. The Morgan fingerprint density at radius 1 is 1.30 bits per heavy atom. The van der Waals surface area contributed by atoms with Gasteiger partial charge in [0.15, 0.2) is 0 Å². The summed E-state index contributed by atoms with van der Waals surface area (Å²) in [7, 11) is 0. The molecule has 2 aromatic heterocycles. The first-order chi connectivity index (χ1) is 9.54. The van der Waals surface area contributed by atoms with Gasteiger partial charge < -0.3 is 10.5 Å². The third-order valence-corrected chi connectivity index (χ3v) is 3.05. The molecule has 1 atom stereocenters. The van der Waals surface area contributed by atoms with Crippen LogP contribution in [-0.4, -0.2) is 16.6 Å². The average Bonchev–Trinajstić information content (AvgIpc) is 2.46. The van der Waals surface area contributed by atoms with E-state index in [0.29, 0.717) is 18.1 Å². The molecule has 5 heteroatoms. The van der Waals surface area contributed by atoms with Gasteiger partial charge in [0.25, 0.3) is 0 Å². The largest absolute Gasteiger partial charge is 0.492 e. The number of hydrogen-bond donors (Lipinski definition) is 1. The molecule has 20 heavy (non-hydrogen) atoms. The molecule has 4 nitrogen and oxygen atoms in total. The van der Waals surface area contributed by atoms with E-state index in [9.17, 15) is 4.39 Å². The second kappa shape index (κ2) is 5.96. The van der Waals surface area contributed by atoms with Crippen molar-refractivity contribution in [2.45, 2.75) is 25.8 Å². The highest BCUT2D eigenvalue weighted by molar-refractivity contribution is 5.35. The van der Waals surface area contributed by atoms with E-state index in [0.717, 1.165) is 18.2 Å². The van der Waals surface area contributed by atoms with Crippen molar-refractivity contribution in [1.29, 1.82) is 0 Å². The summed E-state index contributed by atoms with van der Waals surface area (Å²) < 4.78 is 18.5. The molecule has 0 bridgehead atoms. The van der Waals surface area contributed by atoms with Crippen molar-refractivity contribution in [2.75, 3.05) is 6.61 Å². The van der Waals surface area contributed by atoms with Gasteiger partial charge in [-0.1, -0.05) is 6.92 Å². The molecule has 2 heterocycles. The molecule has 1 unspecified atom stereocenters. The summed E-state index contributed by atoms with van der Waals surface area (Å²) in [6.45, 7) is 4.47. The first-order valence-electron chi connectivity index (χ1n) is 6.53. The molecule has 2 rings (SSSR count). The second-order valence-corrected chi connectivity index (χ2v) is 4.82. The Labute approximate surface area is 117 Å². The molecule has 0 saturated carbocycles. The van der Waals surface area contributed by atoms with Gasteiger partial charge in [0.1, 0.15) is 11.6 Å². The van der Waals surface area contributed by atoms with Gasteiger partial charge in [-0.2, -0.15) is 0 Å². The zero-order chi connectivity index (χ0) is 14.6. The lowest BCUT2D eigenvalue weighted by atomic mass is 9.90. The van der Waals surface area contributed by atoms with E-state index in [2.05, 4.69) is 9.97 Å². The Hall–Kier alpha value is -2.01. The zero-order valence-electron chi connectivity index (χ0n) is 11.6. The standard InChI is InChI=1S/C15H18FN3O/c1-3-6-20-13-7-11(8-18-10-13)15(2,17)14-5-4-12(16)9-19-14/h4-5,7-10H,3,6,17H2,1-2H3. The maximum absolute atomic E-state index is 12.9. The summed E-state index contributed by atoms with van der Waals surface area (Å²) in [6, 6.07) is 4.76. The molecule has 2 aromatic rings. The lowest BCUT2D eigenvalue weighted by molar-refractivity contribution is 0.315. The topological polar surface area (TPSA) is 61.0 Å². The van der Waals surface area contributed by atoms with Crippen molar-refractivity contribution in [3.05, 3.63) is 53.9 Å². The van der Waals surface area contributed by atoms with E-state index in [4.69, 9.17) is 10.5 Å². The summed E-state index contributed by atoms with van der Waals surface area (Å²) in [5, 5.41) is 0. The molecular formula is C15H18FN3O. The van der Waals surface area contributed by atoms with E-state index in [1.54, 1.807) is 18.5 Å². The van der Waals surface area contributed by atoms with E-state index < -0.39 is 5.54 Å². The van der Waals surface area contributed by atoms with Crippen LogP contribution in [0, 0.1) is 5.82 Å². The Morgan fingerprint density at radius 3 is 2.75 bits per heavy atom. The van der Waals surface area contributed by atoms with Crippen molar-refractivity contribution >= 4 is 0 Å². The third-order valence-electron chi connectivity index (χ3n) is 3.05.